The van der Waals surface area contributed by atoms with Crippen LogP contribution in [0.1, 0.15) is 12.8 Å². The molecule has 1 saturated carbocycles. The fourth-order valence-electron chi connectivity index (χ4n) is 2.08. The van der Waals surface area contributed by atoms with Gasteiger partial charge in [0.2, 0.25) is 0 Å². The van der Waals surface area contributed by atoms with E-state index in [1.165, 1.54) is 12.8 Å². The molecule has 1 fully saturated rings. The second-order valence-electron chi connectivity index (χ2n) is 3.44. The number of hydrogen-bond acceptors (Lipinski definition) is 2. The predicted molar refractivity (Wildman–Crippen MR) is 41.3 cm³/mol. The smallest absolute Gasteiger partial charge is 0.0261 e. The van der Waals surface area contributed by atoms with E-state index in [9.17, 15) is 0 Å². The first-order valence-electron chi connectivity index (χ1n) is 3.98. The number of fused-ring (bicyclic) bond motifs is 2. The average molecular weight is 138 g/mol. The second kappa shape index (κ2) is 2.07. The molecule has 0 aliphatic heterocycles. The minimum Gasteiger partial charge on any atom is -0.326 e. The first kappa shape index (κ1) is 6.38. The molecule has 3 aliphatic carbocycles. The monoisotopic (exact) mass is 138 g/mol. The molecule has 0 amide bonds. The molecule has 0 aromatic carbocycles. The second-order valence-corrected chi connectivity index (χ2v) is 3.44. The molecule has 0 aromatic heterocycles. The summed E-state index contributed by atoms with van der Waals surface area (Å²) in [4.78, 5) is 0. The fraction of sp³-hybridized carbons (Fsp3) is 0.750. The van der Waals surface area contributed by atoms with Gasteiger partial charge < -0.3 is 11.5 Å². The molecule has 0 spiro atoms. The quantitative estimate of drug-likeness (QED) is 0.471. The van der Waals surface area contributed by atoms with Crippen molar-refractivity contribution in [2.75, 3.05) is 0 Å². The van der Waals surface area contributed by atoms with Crippen LogP contribution in [0.3, 0.4) is 0 Å². The van der Waals surface area contributed by atoms with Crippen molar-refractivity contribution in [2.24, 2.45) is 23.3 Å². The maximum atomic E-state index is 5.89. The van der Waals surface area contributed by atoms with Gasteiger partial charge in [0, 0.05) is 12.1 Å². The molecule has 0 saturated heterocycles. The summed E-state index contributed by atoms with van der Waals surface area (Å²) < 4.78 is 0. The van der Waals surface area contributed by atoms with Gasteiger partial charge in [0.25, 0.3) is 0 Å². The topological polar surface area (TPSA) is 52.0 Å². The Hall–Kier alpha value is -0.340. The van der Waals surface area contributed by atoms with E-state index in [1.807, 2.05) is 0 Å². The van der Waals surface area contributed by atoms with Crippen molar-refractivity contribution in [2.45, 2.75) is 24.9 Å². The summed E-state index contributed by atoms with van der Waals surface area (Å²) in [5.41, 5.74) is 11.8. The third kappa shape index (κ3) is 0.724. The molecule has 3 aliphatic rings. The van der Waals surface area contributed by atoms with Gasteiger partial charge in [-0.3, -0.25) is 0 Å². The summed E-state index contributed by atoms with van der Waals surface area (Å²) in [5.74, 6) is 1.14. The molecule has 0 aromatic rings. The Morgan fingerprint density at radius 1 is 0.900 bits per heavy atom. The third-order valence-electron chi connectivity index (χ3n) is 2.87. The maximum Gasteiger partial charge on any atom is 0.0261 e. The Kier molecular flexibility index (Phi) is 1.32. The van der Waals surface area contributed by atoms with Crippen molar-refractivity contribution < 1.29 is 0 Å². The van der Waals surface area contributed by atoms with E-state index in [2.05, 4.69) is 12.2 Å². The molecule has 2 heteroatoms. The van der Waals surface area contributed by atoms with Crippen LogP contribution in [0.5, 0.6) is 0 Å². The van der Waals surface area contributed by atoms with E-state index < -0.39 is 0 Å². The van der Waals surface area contributed by atoms with E-state index in [1.54, 1.807) is 0 Å². The molecule has 4 atom stereocenters. The highest BCUT2D eigenvalue weighted by Crippen LogP contribution is 2.34. The normalized spacial score (nSPS) is 51.8. The molecule has 0 radical (unpaired) electrons. The zero-order valence-electron chi connectivity index (χ0n) is 6.03. The summed E-state index contributed by atoms with van der Waals surface area (Å²) in [6, 6.07) is 0.451. The van der Waals surface area contributed by atoms with Gasteiger partial charge in [-0.25, -0.2) is 0 Å². The van der Waals surface area contributed by atoms with Crippen molar-refractivity contribution in [1.29, 1.82) is 0 Å². The van der Waals surface area contributed by atoms with Crippen molar-refractivity contribution in [3.8, 4) is 0 Å². The van der Waals surface area contributed by atoms with Gasteiger partial charge in [-0.05, 0) is 24.7 Å². The van der Waals surface area contributed by atoms with Crippen molar-refractivity contribution in [3.63, 3.8) is 0 Å². The first-order chi connectivity index (χ1) is 4.79. The number of hydrogen-bond donors (Lipinski definition) is 2. The van der Waals surface area contributed by atoms with E-state index in [0.29, 0.717) is 11.8 Å². The van der Waals surface area contributed by atoms with E-state index in [-0.39, 0.29) is 12.1 Å². The standard InChI is InChI=1S/C8H14N2/c9-7-5-1-2-6(4-3-5)8(7)10/h1-2,5-8H,3-4,9-10H2/t5-,6+,7-,8-/m1/s1. The zero-order chi connectivity index (χ0) is 7.14. The number of nitrogens with two attached hydrogens (primary N) is 2. The SMILES string of the molecule is N[C@H]1[C@H](N)[C@H]2C=C[C@@H]1CC2. The van der Waals surface area contributed by atoms with Gasteiger partial charge in [0.05, 0.1) is 0 Å². The highest BCUT2D eigenvalue weighted by Gasteiger charge is 2.35. The van der Waals surface area contributed by atoms with Gasteiger partial charge in [-0.2, -0.15) is 0 Å². The molecule has 0 unspecified atom stereocenters. The molecule has 0 heterocycles. The molecule has 2 bridgehead atoms. The minimum absolute atomic E-state index is 0.226. The Balaban J connectivity index is 2.25. The Morgan fingerprint density at radius 2 is 1.30 bits per heavy atom. The lowest BCUT2D eigenvalue weighted by molar-refractivity contribution is 0.244. The highest BCUT2D eigenvalue weighted by molar-refractivity contribution is 5.13. The highest BCUT2D eigenvalue weighted by atomic mass is 14.8. The lowest BCUT2D eigenvalue weighted by Crippen LogP contribution is -2.55. The first-order valence-corrected chi connectivity index (χ1v) is 3.98. The molecule has 2 nitrogen and oxygen atoms in total. The summed E-state index contributed by atoms with van der Waals surface area (Å²) >= 11 is 0. The molecule has 3 rings (SSSR count). The lowest BCUT2D eigenvalue weighted by Gasteiger charge is -2.41. The average Bonchev–Trinajstić information content (AvgIpc) is 2.00. The van der Waals surface area contributed by atoms with E-state index >= 15 is 0 Å². The summed E-state index contributed by atoms with van der Waals surface area (Å²) in [7, 11) is 0. The van der Waals surface area contributed by atoms with Crippen LogP contribution in [-0.4, -0.2) is 12.1 Å². The Bertz CT molecular complexity index is 147. The van der Waals surface area contributed by atoms with Crippen LogP contribution in [0, 0.1) is 11.8 Å². The van der Waals surface area contributed by atoms with Crippen LogP contribution in [0.15, 0.2) is 12.2 Å². The van der Waals surface area contributed by atoms with Crippen LogP contribution >= 0.6 is 0 Å². The van der Waals surface area contributed by atoms with Gasteiger partial charge in [0.1, 0.15) is 0 Å². The zero-order valence-corrected chi connectivity index (χ0v) is 6.03. The lowest BCUT2D eigenvalue weighted by atomic mass is 9.70. The number of rotatable bonds is 0. The van der Waals surface area contributed by atoms with Crippen molar-refractivity contribution >= 4 is 0 Å². The molecule has 56 valence electrons. The minimum atomic E-state index is 0.226. The fourth-order valence-corrected chi connectivity index (χ4v) is 2.08. The molecular weight excluding hydrogens is 124 g/mol. The molecule has 10 heavy (non-hydrogen) atoms. The van der Waals surface area contributed by atoms with Gasteiger partial charge in [-0.1, -0.05) is 12.2 Å². The van der Waals surface area contributed by atoms with Gasteiger partial charge >= 0.3 is 0 Å². The Morgan fingerprint density at radius 3 is 1.50 bits per heavy atom. The largest absolute Gasteiger partial charge is 0.326 e. The van der Waals surface area contributed by atoms with Crippen molar-refractivity contribution in [3.05, 3.63) is 12.2 Å². The van der Waals surface area contributed by atoms with E-state index in [4.69, 9.17) is 11.5 Å². The predicted octanol–water partition coefficient (Wildman–Crippen LogP) is 0.237. The molecular formula is C8H14N2. The molecule has 4 N–H and O–H groups in total. The maximum absolute atomic E-state index is 5.89. The summed E-state index contributed by atoms with van der Waals surface area (Å²) in [6.07, 6.45) is 6.97. The summed E-state index contributed by atoms with van der Waals surface area (Å²) in [5, 5.41) is 0. The summed E-state index contributed by atoms with van der Waals surface area (Å²) in [6.45, 7) is 0. The van der Waals surface area contributed by atoms with Crippen LogP contribution in [-0.2, 0) is 0 Å². The van der Waals surface area contributed by atoms with Gasteiger partial charge in [0.15, 0.2) is 0 Å². The van der Waals surface area contributed by atoms with Gasteiger partial charge in [-0.15, -0.1) is 0 Å². The third-order valence-corrected chi connectivity index (χ3v) is 2.87. The van der Waals surface area contributed by atoms with Crippen LogP contribution < -0.4 is 11.5 Å². The van der Waals surface area contributed by atoms with E-state index in [0.717, 1.165) is 0 Å². The Labute approximate surface area is 61.3 Å². The van der Waals surface area contributed by atoms with Crippen LogP contribution in [0.4, 0.5) is 0 Å². The van der Waals surface area contributed by atoms with Crippen molar-refractivity contribution in [1.82, 2.24) is 0 Å². The van der Waals surface area contributed by atoms with Crippen LogP contribution in [0.25, 0.3) is 0 Å². The van der Waals surface area contributed by atoms with Crippen LogP contribution in [0.2, 0.25) is 0 Å².